The first-order chi connectivity index (χ1) is 11.8. The van der Waals surface area contributed by atoms with Gasteiger partial charge in [0.25, 0.3) is 5.69 Å². The highest BCUT2D eigenvalue weighted by atomic mass is 35.5. The highest BCUT2D eigenvalue weighted by Gasteiger charge is 2.17. The Morgan fingerprint density at radius 1 is 1.36 bits per heavy atom. The van der Waals surface area contributed by atoms with Crippen molar-refractivity contribution in [1.82, 2.24) is 0 Å². The van der Waals surface area contributed by atoms with Crippen LogP contribution in [0.3, 0.4) is 0 Å². The number of rotatable bonds is 6. The quantitative estimate of drug-likeness (QED) is 0.481. The maximum Gasteiger partial charge on any atom is 0.263 e. The Balaban J connectivity index is 2.25. The molecule has 0 fully saturated rings. The average molecular weight is 366 g/mol. The number of quaternary nitrogens is 1. The lowest BCUT2D eigenvalue weighted by atomic mass is 10.1. The van der Waals surface area contributed by atoms with Crippen molar-refractivity contribution in [2.24, 2.45) is 4.99 Å². The topological polar surface area (TPSA) is 83.0 Å². The highest BCUT2D eigenvalue weighted by molar-refractivity contribution is 6.31. The van der Waals surface area contributed by atoms with Crippen molar-refractivity contribution >= 4 is 23.5 Å². The molecular formula is C17H17ClFN3O3. The maximum absolute atomic E-state index is 13.4. The Hall–Kier alpha value is -2.51. The molecule has 0 spiro atoms. The largest absolute Gasteiger partial charge is 0.867 e. The second-order valence-corrected chi connectivity index (χ2v) is 6.22. The fraction of sp³-hybridized carbons (Fsp3) is 0.235. The fourth-order valence-corrected chi connectivity index (χ4v) is 2.65. The van der Waals surface area contributed by atoms with Gasteiger partial charge in [-0.3, -0.25) is 15.1 Å². The molecular weight excluding hydrogens is 349 g/mol. The van der Waals surface area contributed by atoms with Crippen molar-refractivity contribution < 1.29 is 19.3 Å². The molecule has 132 valence electrons. The lowest BCUT2D eigenvalue weighted by Crippen LogP contribution is -3.06. The van der Waals surface area contributed by atoms with Gasteiger partial charge >= 0.3 is 0 Å². The van der Waals surface area contributed by atoms with Crippen LogP contribution in [0.5, 0.6) is 5.75 Å². The van der Waals surface area contributed by atoms with Crippen molar-refractivity contribution in [1.29, 1.82) is 0 Å². The molecule has 0 amide bonds. The number of nitrogens with one attached hydrogen (secondary N) is 1. The van der Waals surface area contributed by atoms with Crippen molar-refractivity contribution in [2.45, 2.75) is 6.04 Å². The molecule has 25 heavy (non-hydrogen) atoms. The van der Waals surface area contributed by atoms with Crippen LogP contribution in [-0.2, 0) is 0 Å². The van der Waals surface area contributed by atoms with Crippen molar-refractivity contribution in [3.05, 3.63) is 68.5 Å². The zero-order chi connectivity index (χ0) is 18.6. The summed E-state index contributed by atoms with van der Waals surface area (Å²) >= 11 is 5.82. The summed E-state index contributed by atoms with van der Waals surface area (Å²) < 4.78 is 13.4. The van der Waals surface area contributed by atoms with E-state index >= 15 is 0 Å². The van der Waals surface area contributed by atoms with Crippen LogP contribution in [-0.4, -0.2) is 31.8 Å². The van der Waals surface area contributed by atoms with Crippen LogP contribution in [0.1, 0.15) is 17.2 Å². The van der Waals surface area contributed by atoms with E-state index in [0.717, 1.165) is 16.5 Å². The molecule has 0 bridgehead atoms. The van der Waals surface area contributed by atoms with E-state index in [4.69, 9.17) is 11.6 Å². The fourth-order valence-electron chi connectivity index (χ4n) is 2.43. The number of nitro groups is 1. The molecule has 8 heteroatoms. The van der Waals surface area contributed by atoms with E-state index in [1.165, 1.54) is 24.4 Å². The van der Waals surface area contributed by atoms with E-state index < -0.39 is 16.4 Å². The summed E-state index contributed by atoms with van der Waals surface area (Å²) in [5, 5.41) is 23.0. The van der Waals surface area contributed by atoms with E-state index in [2.05, 4.69) is 4.99 Å². The van der Waals surface area contributed by atoms with Crippen LogP contribution >= 0.6 is 11.6 Å². The molecule has 0 saturated carbocycles. The second kappa shape index (κ2) is 8.04. The molecule has 1 atom stereocenters. The van der Waals surface area contributed by atoms with Gasteiger partial charge in [-0.05, 0) is 29.5 Å². The summed E-state index contributed by atoms with van der Waals surface area (Å²) in [6.07, 6.45) is 1.27. The van der Waals surface area contributed by atoms with Gasteiger partial charge in [-0.15, -0.1) is 0 Å². The number of benzene rings is 2. The summed E-state index contributed by atoms with van der Waals surface area (Å²) in [6.45, 7) is 0.283. The minimum absolute atomic E-state index is 0.0472. The number of likely N-dealkylation sites (N-methyl/N-ethyl adjacent to an activating group) is 1. The third-order valence-corrected chi connectivity index (χ3v) is 3.94. The highest BCUT2D eigenvalue weighted by Crippen LogP contribution is 2.30. The predicted molar refractivity (Wildman–Crippen MR) is 92.0 cm³/mol. The van der Waals surface area contributed by atoms with Gasteiger partial charge in [0, 0.05) is 22.9 Å². The first-order valence-corrected chi connectivity index (χ1v) is 7.87. The number of nitrogens with zero attached hydrogens (tertiary/aromatic N) is 2. The van der Waals surface area contributed by atoms with E-state index in [1.54, 1.807) is 12.1 Å². The molecule has 2 aromatic carbocycles. The van der Waals surface area contributed by atoms with Crippen molar-refractivity contribution in [2.75, 3.05) is 20.6 Å². The van der Waals surface area contributed by atoms with E-state index in [-0.39, 0.29) is 29.0 Å². The van der Waals surface area contributed by atoms with E-state index in [1.807, 2.05) is 14.1 Å². The standard InChI is InChI=1S/C17H17ClFN3O3/c1-21(2)16(11-4-3-5-14(19)7-11)10-20-9-12-6-13(18)8-15(17(12)23)22(24)25/h3-9,16,23H,10H2,1-2H3/t16-/m1/s1. The maximum atomic E-state index is 13.4. The predicted octanol–water partition coefficient (Wildman–Crippen LogP) is 1.77. The summed E-state index contributed by atoms with van der Waals surface area (Å²) in [6, 6.07) is 8.46. The normalized spacial score (nSPS) is 12.7. The monoisotopic (exact) mass is 365 g/mol. The van der Waals surface area contributed by atoms with E-state index in [0.29, 0.717) is 0 Å². The first-order valence-electron chi connectivity index (χ1n) is 7.50. The third-order valence-electron chi connectivity index (χ3n) is 3.73. The number of aliphatic imine (C=N–C) groups is 1. The molecule has 0 unspecified atom stereocenters. The second-order valence-electron chi connectivity index (χ2n) is 5.78. The lowest BCUT2D eigenvalue weighted by molar-refractivity contribution is -0.890. The average Bonchev–Trinajstić information content (AvgIpc) is 2.53. The van der Waals surface area contributed by atoms with Crippen molar-refractivity contribution in [3.63, 3.8) is 0 Å². The molecule has 0 saturated heterocycles. The Kier molecular flexibility index (Phi) is 6.06. The zero-order valence-corrected chi connectivity index (χ0v) is 14.5. The Labute approximate surface area is 149 Å². The molecule has 0 aliphatic rings. The summed E-state index contributed by atoms with van der Waals surface area (Å²) in [5.41, 5.74) is 0.233. The molecule has 2 aromatic rings. The Bertz CT molecular complexity index is 812. The van der Waals surface area contributed by atoms with Gasteiger partial charge in [-0.2, -0.15) is 0 Å². The zero-order valence-electron chi connectivity index (χ0n) is 13.7. The van der Waals surface area contributed by atoms with Crippen LogP contribution in [0.2, 0.25) is 5.02 Å². The van der Waals surface area contributed by atoms with Gasteiger partial charge < -0.3 is 10.0 Å². The summed E-state index contributed by atoms with van der Waals surface area (Å²) in [4.78, 5) is 15.4. The number of nitro benzene ring substituents is 1. The van der Waals surface area contributed by atoms with Gasteiger partial charge in [-0.25, -0.2) is 4.39 Å². The smallest absolute Gasteiger partial charge is 0.263 e. The van der Waals surface area contributed by atoms with Crippen LogP contribution in [0.15, 0.2) is 41.4 Å². The van der Waals surface area contributed by atoms with Crippen LogP contribution < -0.4 is 10.0 Å². The van der Waals surface area contributed by atoms with Gasteiger partial charge in [0.2, 0.25) is 0 Å². The minimum atomic E-state index is -0.773. The Morgan fingerprint density at radius 3 is 2.68 bits per heavy atom. The van der Waals surface area contributed by atoms with Crippen molar-refractivity contribution in [3.8, 4) is 5.75 Å². The molecule has 1 N–H and O–H groups in total. The number of hydrogen-bond acceptors (Lipinski definition) is 4. The van der Waals surface area contributed by atoms with Crippen LogP contribution in [0.4, 0.5) is 10.1 Å². The third kappa shape index (κ3) is 4.74. The minimum Gasteiger partial charge on any atom is -0.867 e. The van der Waals surface area contributed by atoms with Gasteiger partial charge in [0.05, 0.1) is 25.6 Å². The van der Waals surface area contributed by atoms with Crippen LogP contribution in [0, 0.1) is 15.9 Å². The first kappa shape index (κ1) is 18.8. The molecule has 0 aliphatic carbocycles. The van der Waals surface area contributed by atoms with Gasteiger partial charge in [0.1, 0.15) is 11.9 Å². The van der Waals surface area contributed by atoms with Crippen LogP contribution in [0.25, 0.3) is 0 Å². The molecule has 6 nitrogen and oxygen atoms in total. The van der Waals surface area contributed by atoms with E-state index in [9.17, 15) is 19.6 Å². The molecule has 0 aliphatic heterocycles. The van der Waals surface area contributed by atoms with Gasteiger partial charge in [0.15, 0.2) is 0 Å². The lowest BCUT2D eigenvalue weighted by Gasteiger charge is -2.20. The number of hydrogen-bond donors (Lipinski definition) is 1. The Morgan fingerprint density at radius 2 is 2.08 bits per heavy atom. The number of halogens is 2. The SMILES string of the molecule is C[NH+](C)[C@H](CN=Cc1cc(Cl)cc([N+](=O)[O-])c1[O-])c1cccc(F)c1. The molecule has 0 aromatic heterocycles. The summed E-state index contributed by atoms with van der Waals surface area (Å²) in [5.74, 6) is -1.07. The van der Waals surface area contributed by atoms with Gasteiger partial charge in [-0.1, -0.05) is 23.7 Å². The molecule has 2 rings (SSSR count). The molecule has 0 heterocycles. The summed E-state index contributed by atoms with van der Waals surface area (Å²) in [7, 11) is 3.82. The molecule has 0 radical (unpaired) electrons.